The van der Waals surface area contributed by atoms with Gasteiger partial charge in [-0.15, -0.1) is 0 Å². The zero-order valence-corrected chi connectivity index (χ0v) is 8.15. The molecule has 2 nitrogen and oxygen atoms in total. The van der Waals surface area contributed by atoms with Crippen LogP contribution in [-0.2, 0) is 0 Å². The monoisotopic (exact) mass is 219 g/mol. The summed E-state index contributed by atoms with van der Waals surface area (Å²) in [6.07, 6.45) is 2.77. The number of hydrogen-bond acceptors (Lipinski definition) is 2. The van der Waals surface area contributed by atoms with Crippen molar-refractivity contribution in [2.45, 2.75) is 0 Å². The molecule has 0 unspecified atom stereocenters. The van der Waals surface area contributed by atoms with Crippen LogP contribution in [0, 0.1) is 11.6 Å². The van der Waals surface area contributed by atoms with E-state index in [4.69, 9.17) is 0 Å². The summed E-state index contributed by atoms with van der Waals surface area (Å²) in [4.78, 5) is 14.4. The summed E-state index contributed by atoms with van der Waals surface area (Å²) in [5, 5.41) is 0. The average molecular weight is 219 g/mol. The third-order valence-corrected chi connectivity index (χ3v) is 2.21. The van der Waals surface area contributed by atoms with Gasteiger partial charge in [-0.05, 0) is 17.7 Å². The molecule has 0 N–H and O–H groups in total. The van der Waals surface area contributed by atoms with Crippen LogP contribution in [0.25, 0.3) is 11.1 Å². The normalized spacial score (nSPS) is 10.1. The quantitative estimate of drug-likeness (QED) is 0.727. The Bertz CT molecular complexity index is 523. The Balaban J connectivity index is 2.59. The topological polar surface area (TPSA) is 30.0 Å². The van der Waals surface area contributed by atoms with Crippen molar-refractivity contribution < 1.29 is 13.6 Å². The molecule has 0 aliphatic rings. The van der Waals surface area contributed by atoms with Crippen molar-refractivity contribution in [3.63, 3.8) is 0 Å². The predicted octanol–water partition coefficient (Wildman–Crippen LogP) is 2.84. The van der Waals surface area contributed by atoms with Crippen molar-refractivity contribution in [1.82, 2.24) is 4.98 Å². The van der Waals surface area contributed by atoms with Crippen LogP contribution in [-0.4, -0.2) is 11.3 Å². The van der Waals surface area contributed by atoms with Crippen LogP contribution in [0.5, 0.6) is 0 Å². The van der Waals surface area contributed by atoms with E-state index in [0.29, 0.717) is 17.4 Å². The molecule has 0 aliphatic heterocycles. The van der Waals surface area contributed by atoms with Crippen molar-refractivity contribution in [1.29, 1.82) is 0 Å². The van der Waals surface area contributed by atoms with Gasteiger partial charge in [0, 0.05) is 11.8 Å². The second-order valence-corrected chi connectivity index (χ2v) is 3.21. The lowest BCUT2D eigenvalue weighted by Gasteiger charge is -2.04. The van der Waals surface area contributed by atoms with Gasteiger partial charge in [0.2, 0.25) is 0 Å². The highest BCUT2D eigenvalue weighted by Crippen LogP contribution is 2.23. The lowest BCUT2D eigenvalue weighted by Crippen LogP contribution is -1.94. The van der Waals surface area contributed by atoms with Crippen LogP contribution in [0.1, 0.15) is 10.4 Å². The molecule has 0 spiro atoms. The third kappa shape index (κ3) is 1.82. The lowest BCUT2D eigenvalue weighted by molar-refractivity contribution is 0.112. The number of nitrogens with zero attached hydrogens (tertiary/aromatic N) is 1. The molecular weight excluding hydrogens is 212 g/mol. The summed E-state index contributed by atoms with van der Waals surface area (Å²) >= 11 is 0. The number of benzene rings is 1. The van der Waals surface area contributed by atoms with Crippen molar-refractivity contribution in [2.24, 2.45) is 0 Å². The van der Waals surface area contributed by atoms with E-state index in [1.54, 1.807) is 0 Å². The smallest absolute Gasteiger partial charge is 0.153 e. The summed E-state index contributed by atoms with van der Waals surface area (Å²) in [7, 11) is 0. The lowest BCUT2D eigenvalue weighted by atomic mass is 10.0. The highest BCUT2D eigenvalue weighted by atomic mass is 19.1. The zero-order chi connectivity index (χ0) is 11.5. The van der Waals surface area contributed by atoms with E-state index in [1.165, 1.54) is 30.5 Å². The molecule has 16 heavy (non-hydrogen) atoms. The first-order chi connectivity index (χ1) is 7.72. The van der Waals surface area contributed by atoms with E-state index >= 15 is 0 Å². The van der Waals surface area contributed by atoms with Crippen molar-refractivity contribution >= 4 is 6.29 Å². The molecule has 2 aromatic rings. The van der Waals surface area contributed by atoms with Gasteiger partial charge in [0.1, 0.15) is 5.82 Å². The molecule has 0 aliphatic carbocycles. The summed E-state index contributed by atoms with van der Waals surface area (Å²) in [5.74, 6) is -1.07. The van der Waals surface area contributed by atoms with E-state index < -0.39 is 5.82 Å². The van der Waals surface area contributed by atoms with E-state index in [0.717, 1.165) is 6.20 Å². The Labute approximate surface area is 90.6 Å². The number of hydrogen-bond donors (Lipinski definition) is 0. The molecule has 1 aromatic carbocycles. The number of pyridine rings is 1. The maximum Gasteiger partial charge on any atom is 0.153 e. The predicted molar refractivity (Wildman–Crippen MR) is 55.0 cm³/mol. The second kappa shape index (κ2) is 4.18. The van der Waals surface area contributed by atoms with Gasteiger partial charge in [0.15, 0.2) is 12.1 Å². The minimum absolute atomic E-state index is 0.0680. The molecule has 1 heterocycles. The maximum absolute atomic E-state index is 13.2. The molecule has 0 fully saturated rings. The zero-order valence-electron chi connectivity index (χ0n) is 8.15. The highest BCUT2D eigenvalue weighted by Gasteiger charge is 2.09. The van der Waals surface area contributed by atoms with Gasteiger partial charge in [0.05, 0.1) is 11.8 Å². The van der Waals surface area contributed by atoms with Gasteiger partial charge in [-0.25, -0.2) is 8.78 Å². The third-order valence-electron chi connectivity index (χ3n) is 2.21. The first kappa shape index (κ1) is 10.4. The fourth-order valence-electron chi connectivity index (χ4n) is 1.42. The van der Waals surface area contributed by atoms with Gasteiger partial charge in [-0.3, -0.25) is 9.78 Å². The van der Waals surface area contributed by atoms with Crippen LogP contribution < -0.4 is 0 Å². The Kier molecular flexibility index (Phi) is 2.72. The summed E-state index contributed by atoms with van der Waals surface area (Å²) in [6, 6.07) is 5.43. The van der Waals surface area contributed by atoms with E-state index in [1.807, 2.05) is 0 Å². The molecule has 0 bridgehead atoms. The number of halogens is 2. The van der Waals surface area contributed by atoms with Gasteiger partial charge in [0.25, 0.3) is 0 Å². The van der Waals surface area contributed by atoms with Crippen LogP contribution >= 0.6 is 0 Å². The SMILES string of the molecule is O=Cc1c(F)cncc1-c1ccc(F)cc1. The molecule has 4 heteroatoms. The van der Waals surface area contributed by atoms with Gasteiger partial charge >= 0.3 is 0 Å². The largest absolute Gasteiger partial charge is 0.298 e. The number of aromatic nitrogens is 1. The molecule has 1 aromatic heterocycles. The Morgan fingerprint density at radius 3 is 2.38 bits per heavy atom. The number of carbonyl (C=O) groups excluding carboxylic acids is 1. The second-order valence-electron chi connectivity index (χ2n) is 3.21. The summed E-state index contributed by atoms with van der Waals surface area (Å²) in [5.41, 5.74) is 0.840. The van der Waals surface area contributed by atoms with Gasteiger partial charge < -0.3 is 0 Å². The molecule has 0 atom stereocenters. The minimum atomic E-state index is -0.683. The summed E-state index contributed by atoms with van der Waals surface area (Å²) < 4.78 is 26.0. The first-order valence-electron chi connectivity index (χ1n) is 4.57. The van der Waals surface area contributed by atoms with Crippen LogP contribution in [0.3, 0.4) is 0 Å². The van der Waals surface area contributed by atoms with Crippen molar-refractivity contribution in [3.05, 3.63) is 53.9 Å². The Hall–Kier alpha value is -2.10. The van der Waals surface area contributed by atoms with Crippen molar-refractivity contribution in [2.75, 3.05) is 0 Å². The Morgan fingerprint density at radius 1 is 1.06 bits per heavy atom. The first-order valence-corrected chi connectivity index (χ1v) is 4.57. The molecular formula is C12H7F2NO. The van der Waals surface area contributed by atoms with Crippen LogP contribution in [0.15, 0.2) is 36.7 Å². The minimum Gasteiger partial charge on any atom is -0.298 e. The molecule has 0 saturated carbocycles. The van der Waals surface area contributed by atoms with Gasteiger partial charge in [-0.1, -0.05) is 12.1 Å². The van der Waals surface area contributed by atoms with Gasteiger partial charge in [-0.2, -0.15) is 0 Å². The maximum atomic E-state index is 13.2. The van der Waals surface area contributed by atoms with E-state index in [2.05, 4.69) is 4.98 Å². The van der Waals surface area contributed by atoms with Crippen LogP contribution in [0.4, 0.5) is 8.78 Å². The molecule has 0 radical (unpaired) electrons. The number of rotatable bonds is 2. The fourth-order valence-corrected chi connectivity index (χ4v) is 1.42. The molecule has 80 valence electrons. The molecule has 0 saturated heterocycles. The van der Waals surface area contributed by atoms with E-state index in [9.17, 15) is 13.6 Å². The van der Waals surface area contributed by atoms with E-state index in [-0.39, 0.29) is 11.4 Å². The number of carbonyl (C=O) groups is 1. The molecule has 2 rings (SSSR count). The average Bonchev–Trinajstić information content (AvgIpc) is 2.30. The highest BCUT2D eigenvalue weighted by molar-refractivity contribution is 5.87. The fraction of sp³-hybridized carbons (Fsp3) is 0. The Morgan fingerprint density at radius 2 is 1.75 bits per heavy atom. The van der Waals surface area contributed by atoms with Crippen molar-refractivity contribution in [3.8, 4) is 11.1 Å². The summed E-state index contributed by atoms with van der Waals surface area (Å²) in [6.45, 7) is 0. The van der Waals surface area contributed by atoms with Crippen LogP contribution in [0.2, 0.25) is 0 Å². The number of aldehydes is 1. The molecule has 0 amide bonds. The standard InChI is InChI=1S/C12H7F2NO/c13-9-3-1-8(2-4-9)10-5-15-6-12(14)11(10)7-16/h1-7H.